The number of rotatable bonds is 0. The summed E-state index contributed by atoms with van der Waals surface area (Å²) in [4.78, 5) is 0. The quantitative estimate of drug-likeness (QED) is 0.414. The van der Waals surface area contributed by atoms with Gasteiger partial charge in [0.1, 0.15) is 0 Å². The second-order valence-electron chi connectivity index (χ2n) is 0. The van der Waals surface area contributed by atoms with E-state index >= 15 is 0 Å². The average molecular weight is 166 g/mol. The van der Waals surface area contributed by atoms with Gasteiger partial charge in [-0.25, -0.2) is 0 Å². The van der Waals surface area contributed by atoms with E-state index in [4.69, 9.17) is 0 Å². The van der Waals surface area contributed by atoms with Crippen molar-refractivity contribution >= 4 is 28.3 Å². The normalized spacial score (nSPS) is 0. The smallest absolute Gasteiger partial charge is 0 e. The fraction of sp³-hybridized carbons (Fsp3) is 0. The molecule has 0 aromatic rings. The molecule has 23 valence electrons. The summed E-state index contributed by atoms with van der Waals surface area (Å²) in [6.45, 7) is 0. The summed E-state index contributed by atoms with van der Waals surface area (Å²) in [7, 11) is 0. The zero-order chi connectivity index (χ0) is 0. The van der Waals surface area contributed by atoms with Gasteiger partial charge in [-0.1, -0.05) is 0 Å². The third kappa shape index (κ3) is 9.23. The van der Waals surface area contributed by atoms with E-state index in [0.717, 1.165) is 0 Å². The van der Waals surface area contributed by atoms with Gasteiger partial charge >= 0.3 is 0 Å². The van der Waals surface area contributed by atoms with Gasteiger partial charge in [0.2, 0.25) is 0 Å². The second kappa shape index (κ2) is 21.6. The van der Waals surface area contributed by atoms with Crippen molar-refractivity contribution in [1.29, 1.82) is 0 Å². The van der Waals surface area contributed by atoms with Gasteiger partial charge in [-0.2, -0.15) is 0 Å². The number of hydrogen-bond acceptors (Lipinski definition) is 0. The standard InChI is InChI=1S/Al.Cr.Ni.Si. The summed E-state index contributed by atoms with van der Waals surface area (Å²) < 4.78 is 0. The molecule has 7 radical (unpaired) electrons. The van der Waals surface area contributed by atoms with Gasteiger partial charge in [-0.3, -0.25) is 0 Å². The van der Waals surface area contributed by atoms with Gasteiger partial charge in [0.15, 0.2) is 0 Å². The molecule has 0 aliphatic carbocycles. The van der Waals surface area contributed by atoms with Crippen LogP contribution in [0.4, 0.5) is 0 Å². The van der Waals surface area contributed by atoms with Crippen LogP contribution in [-0.4, -0.2) is 28.3 Å². The molecule has 0 unspecified atom stereocenters. The molecular formula is AlCrNiSi. The summed E-state index contributed by atoms with van der Waals surface area (Å²) in [5, 5.41) is 0. The van der Waals surface area contributed by atoms with Crippen LogP contribution in [0, 0.1) is 0 Å². The van der Waals surface area contributed by atoms with Crippen molar-refractivity contribution in [2.75, 3.05) is 0 Å². The Kier molecular flexibility index (Phi) is 226. The van der Waals surface area contributed by atoms with Crippen LogP contribution in [0.15, 0.2) is 0 Å². The Balaban J connectivity index is 0. The Morgan fingerprint density at radius 3 is 1.00 bits per heavy atom. The maximum atomic E-state index is 0. The largest absolute Gasteiger partial charge is 0 e. The first-order valence-corrected chi connectivity index (χ1v) is 0. The molecule has 0 atom stereocenters. The summed E-state index contributed by atoms with van der Waals surface area (Å²) >= 11 is 0. The van der Waals surface area contributed by atoms with Gasteiger partial charge in [0, 0.05) is 62.2 Å². The van der Waals surface area contributed by atoms with Gasteiger partial charge < -0.3 is 0 Å². The van der Waals surface area contributed by atoms with Crippen LogP contribution in [0.25, 0.3) is 0 Å². The third-order valence-corrected chi connectivity index (χ3v) is 0. The summed E-state index contributed by atoms with van der Waals surface area (Å²) in [6, 6.07) is 0. The zero-order valence-corrected chi connectivity index (χ0v) is 6.22. The molecule has 0 bridgehead atoms. The number of hydrogen-bond donors (Lipinski definition) is 0. The first kappa shape index (κ1) is 41.8. The van der Waals surface area contributed by atoms with Gasteiger partial charge in [-0.05, 0) is 0 Å². The zero-order valence-electron chi connectivity index (χ0n) is 1.80. The predicted octanol–water partition coefficient (Wildman–Crippen LogP) is -0.767. The molecule has 0 aromatic heterocycles. The predicted molar refractivity (Wildman–Crippen MR) is 11.5 cm³/mol. The topological polar surface area (TPSA) is 0 Å². The van der Waals surface area contributed by atoms with E-state index in [-0.39, 0.29) is 62.2 Å². The van der Waals surface area contributed by atoms with E-state index in [1.165, 1.54) is 0 Å². The van der Waals surface area contributed by atoms with E-state index in [0.29, 0.717) is 0 Å². The first-order valence-electron chi connectivity index (χ1n) is 0. The molecule has 0 aromatic carbocycles. The van der Waals surface area contributed by atoms with Gasteiger partial charge in [0.25, 0.3) is 0 Å². The van der Waals surface area contributed by atoms with E-state index in [2.05, 4.69) is 0 Å². The minimum absolute atomic E-state index is 0. The van der Waals surface area contributed by atoms with Crippen molar-refractivity contribution in [3.8, 4) is 0 Å². The maximum absolute atomic E-state index is 0. The molecule has 0 N–H and O–H groups in total. The van der Waals surface area contributed by atoms with Crippen LogP contribution in [0.1, 0.15) is 0 Å². The molecule has 0 saturated heterocycles. The van der Waals surface area contributed by atoms with Crippen LogP contribution in [0.2, 0.25) is 0 Å². The molecule has 0 aliphatic rings. The average Bonchev–Trinajstić information content (AvgIpc) is 0. The van der Waals surface area contributed by atoms with E-state index in [1.54, 1.807) is 0 Å². The Morgan fingerprint density at radius 1 is 1.00 bits per heavy atom. The molecule has 0 nitrogen and oxygen atoms in total. The van der Waals surface area contributed by atoms with Gasteiger partial charge in [0.05, 0.1) is 0 Å². The molecule has 0 amide bonds. The molecule has 0 saturated carbocycles. The Bertz CT molecular complexity index is 8.00. The molecule has 0 aliphatic heterocycles. The Hall–Kier alpha value is 1.78. The fourth-order valence-electron chi connectivity index (χ4n) is 0. The molecule has 0 fully saturated rings. The Labute approximate surface area is 61.9 Å². The van der Waals surface area contributed by atoms with E-state index < -0.39 is 0 Å². The third-order valence-electron chi connectivity index (χ3n) is 0. The SMILES string of the molecule is [Al].[Cr].[Ni].[Si]. The molecule has 4 heavy (non-hydrogen) atoms. The van der Waals surface area contributed by atoms with Gasteiger partial charge in [-0.15, -0.1) is 0 Å². The molecule has 0 rings (SSSR count). The van der Waals surface area contributed by atoms with Crippen LogP contribution in [0.5, 0.6) is 0 Å². The minimum atomic E-state index is 0. The van der Waals surface area contributed by atoms with Crippen molar-refractivity contribution in [2.24, 2.45) is 0 Å². The second-order valence-corrected chi connectivity index (χ2v) is 0. The van der Waals surface area contributed by atoms with Crippen molar-refractivity contribution in [2.45, 2.75) is 0 Å². The van der Waals surface area contributed by atoms with E-state index in [1.807, 2.05) is 0 Å². The Morgan fingerprint density at radius 2 is 1.00 bits per heavy atom. The summed E-state index contributed by atoms with van der Waals surface area (Å²) in [5.41, 5.74) is 0. The molecule has 0 heterocycles. The van der Waals surface area contributed by atoms with E-state index in [9.17, 15) is 0 Å². The first-order chi connectivity index (χ1) is 0. The van der Waals surface area contributed by atoms with Crippen LogP contribution < -0.4 is 0 Å². The summed E-state index contributed by atoms with van der Waals surface area (Å²) in [5.74, 6) is 0. The fourth-order valence-corrected chi connectivity index (χ4v) is 0. The monoisotopic (exact) mass is 165 g/mol. The maximum Gasteiger partial charge on any atom is 0 e. The van der Waals surface area contributed by atoms with Crippen molar-refractivity contribution in [3.63, 3.8) is 0 Å². The molecule has 0 spiro atoms. The van der Waals surface area contributed by atoms with Crippen LogP contribution in [0.3, 0.4) is 0 Å². The van der Waals surface area contributed by atoms with Crippen molar-refractivity contribution in [3.05, 3.63) is 0 Å². The molecular weight excluding hydrogens is 166 g/mol. The van der Waals surface area contributed by atoms with Crippen molar-refractivity contribution in [1.82, 2.24) is 0 Å². The minimum Gasteiger partial charge on any atom is 0 e. The molecule has 4 heteroatoms. The van der Waals surface area contributed by atoms with Crippen LogP contribution in [-0.2, 0) is 33.9 Å². The summed E-state index contributed by atoms with van der Waals surface area (Å²) in [6.07, 6.45) is 0. The van der Waals surface area contributed by atoms with Crippen molar-refractivity contribution < 1.29 is 33.9 Å². The van der Waals surface area contributed by atoms with Crippen LogP contribution >= 0.6 is 0 Å².